The van der Waals surface area contributed by atoms with Crippen LogP contribution in [0.2, 0.25) is 0 Å². The van der Waals surface area contributed by atoms with Gasteiger partial charge in [-0.1, -0.05) is 39.0 Å². The first-order chi connectivity index (χ1) is 5.13. The molecule has 0 heterocycles. The van der Waals surface area contributed by atoms with Crippen molar-refractivity contribution >= 4 is 43.6 Å². The summed E-state index contributed by atoms with van der Waals surface area (Å²) in [6.07, 6.45) is 7.05. The molecule has 0 saturated heterocycles. The molecule has 0 aromatic rings. The molecule has 1 fully saturated rings. The standard InChI is InChI=1S/C7H13.3ClH.In/c1-7-5-3-2-4-6-7;;;;/h7H,1-6H2;3*1H;/q;;;;+3/p-3. The molecule has 0 amide bonds. The summed E-state index contributed by atoms with van der Waals surface area (Å²) in [6, 6.07) is 0. The van der Waals surface area contributed by atoms with Crippen molar-refractivity contribution in [1.29, 1.82) is 0 Å². The van der Waals surface area contributed by atoms with Crippen LogP contribution in [-0.4, -0.2) is 17.9 Å². The van der Waals surface area contributed by atoms with Gasteiger partial charge in [-0.15, -0.1) is 0 Å². The van der Waals surface area contributed by atoms with Crippen molar-refractivity contribution in [3.05, 3.63) is 6.92 Å². The van der Waals surface area contributed by atoms with E-state index < -0.39 is 17.9 Å². The molecule has 0 atom stereocenters. The van der Waals surface area contributed by atoms with Gasteiger partial charge in [0.1, 0.15) is 0 Å². The van der Waals surface area contributed by atoms with E-state index in [-0.39, 0.29) is 0 Å². The van der Waals surface area contributed by atoms with Gasteiger partial charge < -0.3 is 0 Å². The van der Waals surface area contributed by atoms with Crippen molar-refractivity contribution < 1.29 is 0 Å². The summed E-state index contributed by atoms with van der Waals surface area (Å²) in [6.45, 7) is 4.00. The third kappa shape index (κ3) is 11.7. The Labute approximate surface area is 87.8 Å². The van der Waals surface area contributed by atoms with Gasteiger partial charge in [-0.2, -0.15) is 0 Å². The van der Waals surface area contributed by atoms with Crippen molar-refractivity contribution in [2.45, 2.75) is 32.1 Å². The summed E-state index contributed by atoms with van der Waals surface area (Å²) in [7, 11) is 15.0. The quantitative estimate of drug-likeness (QED) is 0.631. The zero-order valence-corrected chi connectivity index (χ0v) is 12.1. The van der Waals surface area contributed by atoms with Gasteiger partial charge in [-0.3, -0.25) is 0 Å². The Morgan fingerprint density at radius 3 is 1.55 bits per heavy atom. The van der Waals surface area contributed by atoms with Crippen LogP contribution in [-0.2, 0) is 0 Å². The summed E-state index contributed by atoms with van der Waals surface area (Å²) in [5.74, 6) is 0.786. The molecule has 1 saturated carbocycles. The second kappa shape index (κ2) is 8.34. The van der Waals surface area contributed by atoms with Crippen molar-refractivity contribution in [2.24, 2.45) is 5.92 Å². The zero-order chi connectivity index (χ0) is 8.69. The van der Waals surface area contributed by atoms with Crippen LogP contribution in [0.25, 0.3) is 0 Å². The van der Waals surface area contributed by atoms with E-state index >= 15 is 0 Å². The predicted molar refractivity (Wildman–Crippen MR) is 55.2 cm³/mol. The van der Waals surface area contributed by atoms with E-state index in [2.05, 4.69) is 6.92 Å². The fraction of sp³-hybridized carbons (Fsp3) is 0.857. The van der Waals surface area contributed by atoms with Crippen molar-refractivity contribution in [3.63, 3.8) is 0 Å². The van der Waals surface area contributed by atoms with Crippen LogP contribution in [0.5, 0.6) is 0 Å². The van der Waals surface area contributed by atoms with Crippen molar-refractivity contribution in [1.82, 2.24) is 0 Å². The summed E-state index contributed by atoms with van der Waals surface area (Å²) in [4.78, 5) is 0. The minimum absolute atomic E-state index is 0.786. The third-order valence-corrected chi connectivity index (χ3v) is 1.72. The van der Waals surface area contributed by atoms with E-state index in [0.29, 0.717) is 0 Å². The second-order valence-electron chi connectivity index (χ2n) is 2.75. The second-order valence-corrected chi connectivity index (χ2v) is 17.4. The molecule has 65 valence electrons. The SMILES string of the molecule is [CH2]C1CCCCC1.[Cl][In]([Cl])[Cl]. The van der Waals surface area contributed by atoms with Gasteiger partial charge in [0.25, 0.3) is 0 Å². The number of halogens is 3. The van der Waals surface area contributed by atoms with Crippen molar-refractivity contribution in [3.8, 4) is 0 Å². The number of rotatable bonds is 0. The zero-order valence-electron chi connectivity index (χ0n) is 6.53. The minimum atomic E-state index is -2.22. The van der Waals surface area contributed by atoms with E-state index in [1.165, 1.54) is 32.1 Å². The van der Waals surface area contributed by atoms with Crippen molar-refractivity contribution in [2.75, 3.05) is 0 Å². The molecular formula is C7H13Cl3In. The Morgan fingerprint density at radius 1 is 1.00 bits per heavy atom. The summed E-state index contributed by atoms with van der Waals surface area (Å²) >= 11 is -2.22. The Bertz CT molecular complexity index is 79.0. The van der Waals surface area contributed by atoms with Crippen LogP contribution >= 0.6 is 25.7 Å². The van der Waals surface area contributed by atoms with Crippen LogP contribution in [0, 0.1) is 12.8 Å². The molecule has 0 N–H and O–H groups in total. The molecule has 1 radical (unpaired) electrons. The first kappa shape index (κ1) is 12.7. The van der Waals surface area contributed by atoms with E-state index in [9.17, 15) is 0 Å². The third-order valence-electron chi connectivity index (χ3n) is 1.72. The molecule has 1 aliphatic rings. The molecule has 1 aliphatic carbocycles. The summed E-state index contributed by atoms with van der Waals surface area (Å²) in [5.41, 5.74) is 0. The van der Waals surface area contributed by atoms with E-state index in [0.717, 1.165) is 5.92 Å². The van der Waals surface area contributed by atoms with E-state index in [1.54, 1.807) is 0 Å². The van der Waals surface area contributed by atoms with Crippen LogP contribution in [0.15, 0.2) is 0 Å². The van der Waals surface area contributed by atoms with Crippen LogP contribution in [0.1, 0.15) is 32.1 Å². The first-order valence-corrected chi connectivity index (χ1v) is 16.4. The van der Waals surface area contributed by atoms with Gasteiger partial charge in [0.05, 0.1) is 0 Å². The molecule has 0 spiro atoms. The van der Waals surface area contributed by atoms with Crippen LogP contribution < -0.4 is 0 Å². The average Bonchev–Trinajstić information content (AvgIpc) is 1.87. The maximum atomic E-state index is 5.02. The van der Waals surface area contributed by atoms with Gasteiger partial charge in [0.15, 0.2) is 0 Å². The summed E-state index contributed by atoms with van der Waals surface area (Å²) in [5, 5.41) is 0. The fourth-order valence-corrected chi connectivity index (χ4v) is 1.19. The molecule has 11 heavy (non-hydrogen) atoms. The molecule has 4 heteroatoms. The number of hydrogen-bond donors (Lipinski definition) is 0. The molecule has 0 bridgehead atoms. The fourth-order valence-electron chi connectivity index (χ4n) is 1.19. The molecule has 0 aromatic heterocycles. The molecule has 0 nitrogen and oxygen atoms in total. The maximum absolute atomic E-state index is 5.02. The van der Waals surface area contributed by atoms with Gasteiger partial charge in [0, 0.05) is 0 Å². The molecule has 0 unspecified atom stereocenters. The first-order valence-electron chi connectivity index (χ1n) is 3.88. The van der Waals surface area contributed by atoms with Gasteiger partial charge in [-0.25, -0.2) is 0 Å². The molecule has 0 aliphatic heterocycles. The monoisotopic (exact) mass is 317 g/mol. The predicted octanol–water partition coefficient (Wildman–Crippen LogP) is 4.09. The van der Waals surface area contributed by atoms with Crippen LogP contribution in [0.4, 0.5) is 0 Å². The molecule has 1 rings (SSSR count). The average molecular weight is 318 g/mol. The van der Waals surface area contributed by atoms with Gasteiger partial charge in [0.2, 0.25) is 0 Å². The molecule has 0 aromatic carbocycles. The Hall–Kier alpha value is 1.74. The van der Waals surface area contributed by atoms with E-state index in [4.69, 9.17) is 25.7 Å². The van der Waals surface area contributed by atoms with Gasteiger partial charge >= 0.3 is 43.6 Å². The Kier molecular flexibility index (Phi) is 9.66. The Morgan fingerprint density at radius 2 is 1.36 bits per heavy atom. The molecular weight excluding hydrogens is 305 g/mol. The van der Waals surface area contributed by atoms with Crippen LogP contribution in [0.3, 0.4) is 0 Å². The summed E-state index contributed by atoms with van der Waals surface area (Å²) < 4.78 is 0. The normalized spacial score (nSPS) is 18.5. The Balaban J connectivity index is 0.000000218. The number of hydrogen-bond acceptors (Lipinski definition) is 0. The van der Waals surface area contributed by atoms with Gasteiger partial charge in [-0.05, 0) is 5.92 Å². The topological polar surface area (TPSA) is 0 Å². The van der Waals surface area contributed by atoms with E-state index in [1.807, 2.05) is 0 Å².